The minimum absolute atomic E-state index is 0.0614. The molecule has 0 aromatic rings. The van der Waals surface area contributed by atoms with Crippen LogP contribution in [0.3, 0.4) is 0 Å². The summed E-state index contributed by atoms with van der Waals surface area (Å²) in [5, 5.41) is 10.6. The number of hydrogen-bond acceptors (Lipinski definition) is 8. The Morgan fingerprint density at radius 2 is 1.95 bits per heavy atom. The van der Waals surface area contributed by atoms with Crippen molar-refractivity contribution in [3.63, 3.8) is 0 Å². The topological polar surface area (TPSA) is 109 Å². The average Bonchev–Trinajstić information content (AvgIpc) is 3.56. The molecule has 0 aromatic heterocycles. The summed E-state index contributed by atoms with van der Waals surface area (Å²) in [7, 11) is 0. The molecule has 4 heterocycles. The number of esters is 1. The van der Waals surface area contributed by atoms with Crippen molar-refractivity contribution in [1.29, 1.82) is 0 Å². The summed E-state index contributed by atoms with van der Waals surface area (Å²) in [6.07, 6.45) is 7.71. The molecule has 4 fully saturated rings. The van der Waals surface area contributed by atoms with E-state index in [4.69, 9.17) is 14.2 Å². The standard InChI is InChI=1S/C32H51N3O7/c1-6-9-10-11-19-41-30(39)26-25-28(37)35(24(22-36)23(4)8-3)27(32(25)13-12-31(26,5)42-32)29(38)34(14-7-2)16-15-33-17-20-40-21-18-33/h6-7,23-27,36H,1-2,8-22H2,3-5H3/t23-,24-,25-,26-,27?,31+,32?/m0/s1. The summed E-state index contributed by atoms with van der Waals surface area (Å²) >= 11 is 0. The summed E-state index contributed by atoms with van der Waals surface area (Å²) < 4.78 is 18.0. The van der Waals surface area contributed by atoms with Gasteiger partial charge in [-0.1, -0.05) is 32.4 Å². The van der Waals surface area contributed by atoms with E-state index in [-0.39, 0.29) is 30.9 Å². The molecular formula is C32H51N3O7. The van der Waals surface area contributed by atoms with E-state index in [1.807, 2.05) is 26.8 Å². The molecule has 0 radical (unpaired) electrons. The van der Waals surface area contributed by atoms with Gasteiger partial charge in [0.25, 0.3) is 0 Å². The minimum Gasteiger partial charge on any atom is -0.465 e. The normalized spacial score (nSPS) is 32.0. The van der Waals surface area contributed by atoms with Crippen molar-refractivity contribution in [3.05, 3.63) is 25.3 Å². The average molecular weight is 590 g/mol. The Morgan fingerprint density at radius 3 is 2.60 bits per heavy atom. The van der Waals surface area contributed by atoms with Gasteiger partial charge in [-0.2, -0.15) is 0 Å². The van der Waals surface area contributed by atoms with Crippen molar-refractivity contribution in [2.24, 2.45) is 17.8 Å². The van der Waals surface area contributed by atoms with Crippen LogP contribution in [0, 0.1) is 17.8 Å². The first-order valence-electron chi connectivity index (χ1n) is 15.8. The zero-order valence-electron chi connectivity index (χ0n) is 25.8. The van der Waals surface area contributed by atoms with Gasteiger partial charge in [-0.3, -0.25) is 19.3 Å². The highest BCUT2D eigenvalue weighted by atomic mass is 16.6. The van der Waals surface area contributed by atoms with E-state index in [2.05, 4.69) is 18.1 Å². The molecule has 10 nitrogen and oxygen atoms in total. The molecule has 4 saturated heterocycles. The van der Waals surface area contributed by atoms with Gasteiger partial charge in [0.15, 0.2) is 0 Å². The first-order chi connectivity index (χ1) is 20.2. The van der Waals surface area contributed by atoms with Crippen molar-refractivity contribution < 1.29 is 33.7 Å². The van der Waals surface area contributed by atoms with Gasteiger partial charge in [0.2, 0.25) is 11.8 Å². The molecule has 4 aliphatic rings. The quantitative estimate of drug-likeness (QED) is 0.166. The number of allylic oxidation sites excluding steroid dienone is 1. The molecule has 2 unspecified atom stereocenters. The number of unbranched alkanes of at least 4 members (excludes halogenated alkanes) is 2. The number of carbonyl (C=O) groups is 3. The largest absolute Gasteiger partial charge is 0.465 e. The first-order valence-corrected chi connectivity index (χ1v) is 15.8. The summed E-state index contributed by atoms with van der Waals surface area (Å²) in [5.41, 5.74) is -2.06. The van der Waals surface area contributed by atoms with E-state index in [0.717, 1.165) is 32.4 Å². The lowest BCUT2D eigenvalue weighted by molar-refractivity contribution is -0.162. The van der Waals surface area contributed by atoms with Crippen LogP contribution in [-0.2, 0) is 28.6 Å². The van der Waals surface area contributed by atoms with Crippen LogP contribution >= 0.6 is 0 Å². The highest BCUT2D eigenvalue weighted by Crippen LogP contribution is 2.64. The van der Waals surface area contributed by atoms with Gasteiger partial charge in [-0.15, -0.1) is 13.2 Å². The number of rotatable bonds is 16. The number of ether oxygens (including phenoxy) is 3. The third kappa shape index (κ3) is 6.05. The molecule has 10 heteroatoms. The number of hydrogen-bond donors (Lipinski definition) is 1. The van der Waals surface area contributed by atoms with Gasteiger partial charge in [0.1, 0.15) is 17.6 Å². The van der Waals surface area contributed by atoms with Crippen molar-refractivity contribution in [2.75, 3.05) is 59.2 Å². The molecule has 4 aliphatic heterocycles. The second kappa shape index (κ2) is 14.0. The van der Waals surface area contributed by atoms with Crippen LogP contribution in [0.1, 0.15) is 59.3 Å². The lowest BCUT2D eigenvalue weighted by atomic mass is 9.66. The SMILES string of the molecule is C=CCCCCOC(=O)[C@@H]1[C@H]2C(=O)N([C@@H](CO)[C@@H](C)CC)C(C(=O)N(CC=C)CCN3CCOCC3)C23CC[C@@]1(C)O3. The third-order valence-electron chi connectivity index (χ3n) is 10.0. The van der Waals surface area contributed by atoms with Crippen LogP contribution in [0.5, 0.6) is 0 Å². The Labute approximate surface area is 251 Å². The zero-order chi connectivity index (χ0) is 30.5. The van der Waals surface area contributed by atoms with E-state index < -0.39 is 41.1 Å². The Kier molecular flexibility index (Phi) is 10.9. The minimum atomic E-state index is -1.16. The van der Waals surface area contributed by atoms with Crippen LogP contribution in [0.2, 0.25) is 0 Å². The molecule has 2 bridgehead atoms. The number of aliphatic hydroxyl groups is 1. The number of amides is 2. The number of carbonyl (C=O) groups excluding carboxylic acids is 3. The van der Waals surface area contributed by atoms with Gasteiger partial charge in [-0.25, -0.2) is 0 Å². The second-order valence-electron chi connectivity index (χ2n) is 12.6. The van der Waals surface area contributed by atoms with Gasteiger partial charge in [-0.05, 0) is 44.9 Å². The zero-order valence-corrected chi connectivity index (χ0v) is 25.8. The fraction of sp³-hybridized carbons (Fsp3) is 0.781. The summed E-state index contributed by atoms with van der Waals surface area (Å²) in [6.45, 7) is 17.9. The number of aliphatic hydroxyl groups excluding tert-OH is 1. The Bertz CT molecular complexity index is 1000. The molecule has 0 saturated carbocycles. The summed E-state index contributed by atoms with van der Waals surface area (Å²) in [6, 6.07) is -1.52. The first kappa shape index (κ1) is 32.6. The molecule has 1 spiro atoms. The Balaban J connectivity index is 1.66. The number of morpholine rings is 1. The predicted molar refractivity (Wildman–Crippen MR) is 158 cm³/mol. The fourth-order valence-corrected chi connectivity index (χ4v) is 7.53. The molecular weight excluding hydrogens is 538 g/mol. The second-order valence-corrected chi connectivity index (χ2v) is 12.6. The molecule has 236 valence electrons. The van der Waals surface area contributed by atoms with Gasteiger partial charge in [0, 0.05) is 32.7 Å². The van der Waals surface area contributed by atoms with Crippen LogP contribution in [0.4, 0.5) is 0 Å². The van der Waals surface area contributed by atoms with Crippen molar-refractivity contribution in [1.82, 2.24) is 14.7 Å². The van der Waals surface area contributed by atoms with E-state index in [1.165, 1.54) is 0 Å². The van der Waals surface area contributed by atoms with E-state index >= 15 is 0 Å². The maximum absolute atomic E-state index is 14.6. The molecule has 1 N–H and O–H groups in total. The highest BCUT2D eigenvalue weighted by molar-refractivity contribution is 5.98. The number of likely N-dealkylation sites (tertiary alicyclic amines) is 1. The molecule has 7 atom stereocenters. The smallest absolute Gasteiger partial charge is 0.312 e. The number of fused-ring (bicyclic) bond motifs is 1. The molecule has 0 aliphatic carbocycles. The van der Waals surface area contributed by atoms with E-state index in [0.29, 0.717) is 52.1 Å². The molecule has 42 heavy (non-hydrogen) atoms. The van der Waals surface area contributed by atoms with Crippen molar-refractivity contribution >= 4 is 17.8 Å². The number of nitrogens with zero attached hydrogens (tertiary/aromatic N) is 3. The van der Waals surface area contributed by atoms with Crippen LogP contribution in [-0.4, -0.2) is 120 Å². The molecule has 2 amide bonds. The van der Waals surface area contributed by atoms with Gasteiger partial charge in [0.05, 0.1) is 44.0 Å². The van der Waals surface area contributed by atoms with Crippen molar-refractivity contribution in [3.8, 4) is 0 Å². The van der Waals surface area contributed by atoms with Crippen molar-refractivity contribution in [2.45, 2.75) is 82.6 Å². The van der Waals surface area contributed by atoms with Crippen LogP contribution in [0.15, 0.2) is 25.3 Å². The summed E-state index contributed by atoms with van der Waals surface area (Å²) in [5.74, 6) is -2.66. The maximum Gasteiger partial charge on any atom is 0.312 e. The van der Waals surface area contributed by atoms with Gasteiger partial charge >= 0.3 is 5.97 Å². The van der Waals surface area contributed by atoms with E-state index in [9.17, 15) is 19.5 Å². The highest BCUT2D eigenvalue weighted by Gasteiger charge is 2.79. The van der Waals surface area contributed by atoms with Crippen LogP contribution in [0.25, 0.3) is 0 Å². The third-order valence-corrected chi connectivity index (χ3v) is 10.0. The molecule has 4 rings (SSSR count). The van der Waals surface area contributed by atoms with Crippen LogP contribution < -0.4 is 0 Å². The summed E-state index contributed by atoms with van der Waals surface area (Å²) in [4.78, 5) is 48.3. The lowest BCUT2D eigenvalue weighted by Gasteiger charge is -2.41. The Hall–Kier alpha value is -2.27. The maximum atomic E-state index is 14.6. The van der Waals surface area contributed by atoms with E-state index in [1.54, 1.807) is 15.9 Å². The van der Waals surface area contributed by atoms with Gasteiger partial charge < -0.3 is 29.1 Å². The fourth-order valence-electron chi connectivity index (χ4n) is 7.53. The molecule has 0 aromatic carbocycles. The Morgan fingerprint density at radius 1 is 1.21 bits per heavy atom. The predicted octanol–water partition coefficient (Wildman–Crippen LogP) is 2.40. The lowest BCUT2D eigenvalue weighted by Crippen LogP contribution is -2.60. The monoisotopic (exact) mass is 589 g/mol.